The van der Waals surface area contributed by atoms with Crippen LogP contribution in [0.3, 0.4) is 0 Å². The highest BCUT2D eigenvalue weighted by atomic mass is 16.4. The van der Waals surface area contributed by atoms with Gasteiger partial charge < -0.3 is 25.5 Å². The lowest BCUT2D eigenvalue weighted by atomic mass is 9.93. The number of carbonyl (C=O) groups is 2. The number of amides is 1. The quantitative estimate of drug-likeness (QED) is 0.335. The predicted octanol–water partition coefficient (Wildman–Crippen LogP) is 2.75. The summed E-state index contributed by atoms with van der Waals surface area (Å²) >= 11 is 0. The third-order valence-electron chi connectivity index (χ3n) is 6.70. The number of nitrogens with one attached hydrogen (secondary N) is 1. The second kappa shape index (κ2) is 12.0. The van der Waals surface area contributed by atoms with E-state index in [1.54, 1.807) is 13.8 Å². The van der Waals surface area contributed by atoms with Gasteiger partial charge in [-0.1, -0.05) is 24.3 Å². The molecule has 1 amide bonds. The van der Waals surface area contributed by atoms with Crippen molar-refractivity contribution in [3.05, 3.63) is 65.4 Å². The fraction of sp³-hybridized carbons (Fsp3) is 0.393. The Kier molecular flexibility index (Phi) is 8.52. The number of carboxylic acid groups (broad SMARTS) is 1. The van der Waals surface area contributed by atoms with E-state index in [0.29, 0.717) is 24.6 Å². The van der Waals surface area contributed by atoms with E-state index in [9.17, 15) is 19.8 Å². The first-order valence-corrected chi connectivity index (χ1v) is 12.7. The Morgan fingerprint density at radius 3 is 2.37 bits per heavy atom. The van der Waals surface area contributed by atoms with Crippen molar-refractivity contribution in [2.45, 2.75) is 45.6 Å². The number of benzene rings is 1. The normalized spacial score (nSPS) is 14.8. The first-order valence-electron chi connectivity index (χ1n) is 12.7. The number of hydrogen-bond acceptors (Lipinski definition) is 8. The Morgan fingerprint density at radius 1 is 1.08 bits per heavy atom. The molecule has 1 unspecified atom stereocenters. The zero-order chi connectivity index (χ0) is 27.2. The van der Waals surface area contributed by atoms with Crippen LogP contribution in [-0.2, 0) is 17.6 Å². The minimum atomic E-state index is -1.18. The van der Waals surface area contributed by atoms with Crippen molar-refractivity contribution >= 4 is 17.7 Å². The molecule has 1 aliphatic rings. The molecule has 200 valence electrons. The molecule has 0 bridgehead atoms. The number of aliphatic hydroxyl groups is 1. The lowest BCUT2D eigenvalue weighted by Crippen LogP contribution is -2.35. The minimum absolute atomic E-state index is 0.201. The zero-order valence-corrected chi connectivity index (χ0v) is 21.6. The second-order valence-electron chi connectivity index (χ2n) is 9.79. The van der Waals surface area contributed by atoms with Gasteiger partial charge in [0.1, 0.15) is 18.2 Å². The number of carboxylic acids is 1. The van der Waals surface area contributed by atoms with Gasteiger partial charge in [-0.3, -0.25) is 9.59 Å². The van der Waals surface area contributed by atoms with Crippen molar-refractivity contribution < 1.29 is 24.9 Å². The van der Waals surface area contributed by atoms with Crippen LogP contribution in [0.1, 0.15) is 47.3 Å². The van der Waals surface area contributed by atoms with Crippen LogP contribution in [0.2, 0.25) is 0 Å². The van der Waals surface area contributed by atoms with E-state index in [2.05, 4.69) is 31.2 Å². The van der Waals surface area contributed by atoms with Crippen LogP contribution >= 0.6 is 0 Å². The molecule has 1 atom stereocenters. The van der Waals surface area contributed by atoms with E-state index in [1.165, 1.54) is 0 Å². The Balaban J connectivity index is 1.34. The van der Waals surface area contributed by atoms with Crippen molar-refractivity contribution in [1.82, 2.24) is 20.3 Å². The number of nitrogens with zero attached hydrogens (tertiary/aromatic N) is 4. The third kappa shape index (κ3) is 6.83. The van der Waals surface area contributed by atoms with Crippen molar-refractivity contribution in [2.24, 2.45) is 5.92 Å². The maximum atomic E-state index is 12.3. The summed E-state index contributed by atoms with van der Waals surface area (Å²) in [5.74, 6) is -0.562. The van der Waals surface area contributed by atoms with Crippen LogP contribution in [0, 0.1) is 12.8 Å². The van der Waals surface area contributed by atoms with E-state index in [0.717, 1.165) is 48.4 Å². The van der Waals surface area contributed by atoms with E-state index in [4.69, 9.17) is 5.11 Å². The summed E-state index contributed by atoms with van der Waals surface area (Å²) in [6.07, 6.45) is 4.52. The second-order valence-corrected chi connectivity index (χ2v) is 9.79. The van der Waals surface area contributed by atoms with Crippen molar-refractivity contribution in [2.75, 3.05) is 24.5 Å². The summed E-state index contributed by atoms with van der Waals surface area (Å²) in [5.41, 5.74) is 3.30. The molecule has 0 spiro atoms. The number of rotatable bonds is 9. The topological polar surface area (TPSA) is 149 Å². The van der Waals surface area contributed by atoms with Gasteiger partial charge in [0.05, 0.1) is 11.8 Å². The Hall–Kier alpha value is -4.05. The maximum absolute atomic E-state index is 12.3. The van der Waals surface area contributed by atoms with Crippen LogP contribution in [0.5, 0.6) is 5.75 Å². The SMILES string of the molecule is Cc1nc(CC2CCN(c3ccc(-c4ccc(CC(C)O)cc4)cn3)CC2)nc(C(=O)NCC(=O)O)c1O. The Bertz CT molecular complexity index is 1270. The molecule has 2 aromatic heterocycles. The van der Waals surface area contributed by atoms with Gasteiger partial charge in [-0.15, -0.1) is 0 Å². The van der Waals surface area contributed by atoms with Crippen LogP contribution in [0.15, 0.2) is 42.6 Å². The number of aromatic nitrogens is 3. The van der Waals surface area contributed by atoms with Crippen molar-refractivity contribution in [3.8, 4) is 16.9 Å². The minimum Gasteiger partial charge on any atom is -0.504 e. The van der Waals surface area contributed by atoms with Crippen molar-refractivity contribution in [3.63, 3.8) is 0 Å². The molecular formula is C28H33N5O5. The molecule has 10 heteroatoms. The predicted molar refractivity (Wildman–Crippen MR) is 142 cm³/mol. The fourth-order valence-corrected chi connectivity index (χ4v) is 4.66. The number of anilines is 1. The standard InChI is InChI=1S/C28H33N5O5/c1-17(34)13-19-3-5-21(6-4-19)22-7-8-24(29-15-22)33-11-9-20(10-12-33)14-23-31-18(2)27(37)26(32-23)28(38)30-16-25(35)36/h3-8,15,17,20,34,37H,9-14,16H2,1-2H3,(H,30,38)(H,35,36). The van der Waals surface area contributed by atoms with E-state index < -0.39 is 18.4 Å². The Morgan fingerprint density at radius 2 is 1.76 bits per heavy atom. The number of carbonyl (C=O) groups excluding carboxylic acids is 1. The third-order valence-corrected chi connectivity index (χ3v) is 6.70. The zero-order valence-electron chi connectivity index (χ0n) is 21.6. The summed E-state index contributed by atoms with van der Waals surface area (Å²) < 4.78 is 0. The van der Waals surface area contributed by atoms with E-state index in [-0.39, 0.29) is 23.2 Å². The molecule has 4 N–H and O–H groups in total. The van der Waals surface area contributed by atoms with Gasteiger partial charge in [-0.2, -0.15) is 0 Å². The first kappa shape index (κ1) is 27.0. The highest BCUT2D eigenvalue weighted by Crippen LogP contribution is 2.27. The number of aromatic hydroxyl groups is 1. The highest BCUT2D eigenvalue weighted by Gasteiger charge is 2.24. The van der Waals surface area contributed by atoms with Crippen LogP contribution in [-0.4, -0.2) is 67.9 Å². The highest BCUT2D eigenvalue weighted by molar-refractivity contribution is 5.96. The van der Waals surface area contributed by atoms with Gasteiger partial charge in [-0.25, -0.2) is 15.0 Å². The molecule has 0 aliphatic carbocycles. The molecule has 4 rings (SSSR count). The van der Waals surface area contributed by atoms with Gasteiger partial charge in [0.2, 0.25) is 0 Å². The molecule has 3 aromatic rings. The summed E-state index contributed by atoms with van der Waals surface area (Å²) in [6.45, 7) is 4.48. The fourth-order valence-electron chi connectivity index (χ4n) is 4.66. The monoisotopic (exact) mass is 519 g/mol. The maximum Gasteiger partial charge on any atom is 0.322 e. The summed E-state index contributed by atoms with van der Waals surface area (Å²) in [4.78, 5) is 38.5. The van der Waals surface area contributed by atoms with Gasteiger partial charge in [0.15, 0.2) is 11.4 Å². The van der Waals surface area contributed by atoms with E-state index >= 15 is 0 Å². The molecule has 0 saturated carbocycles. The smallest absolute Gasteiger partial charge is 0.322 e. The Labute approximate surface area is 221 Å². The molecule has 38 heavy (non-hydrogen) atoms. The van der Waals surface area contributed by atoms with Crippen LogP contribution in [0.4, 0.5) is 5.82 Å². The van der Waals surface area contributed by atoms with Crippen LogP contribution in [0.25, 0.3) is 11.1 Å². The summed E-state index contributed by atoms with van der Waals surface area (Å²) in [7, 11) is 0. The number of aliphatic carboxylic acids is 1. The van der Waals surface area contributed by atoms with Gasteiger partial charge >= 0.3 is 5.97 Å². The molecule has 3 heterocycles. The van der Waals surface area contributed by atoms with Gasteiger partial charge in [-0.05, 0) is 62.3 Å². The summed E-state index contributed by atoms with van der Waals surface area (Å²) in [6, 6.07) is 12.3. The molecule has 1 aromatic carbocycles. The average molecular weight is 520 g/mol. The number of piperidine rings is 1. The lowest BCUT2D eigenvalue weighted by molar-refractivity contribution is -0.135. The first-order chi connectivity index (χ1) is 18.2. The van der Waals surface area contributed by atoms with Crippen LogP contribution < -0.4 is 10.2 Å². The van der Waals surface area contributed by atoms with Gasteiger partial charge in [0.25, 0.3) is 5.91 Å². The number of aliphatic hydroxyl groups excluding tert-OH is 1. The molecular weight excluding hydrogens is 486 g/mol. The molecule has 1 aliphatic heterocycles. The molecule has 1 saturated heterocycles. The summed E-state index contributed by atoms with van der Waals surface area (Å²) in [5, 5.41) is 30.8. The molecule has 0 radical (unpaired) electrons. The molecule has 1 fully saturated rings. The van der Waals surface area contributed by atoms with Gasteiger partial charge in [0, 0.05) is 31.3 Å². The number of aryl methyl sites for hydroxylation is 1. The lowest BCUT2D eigenvalue weighted by Gasteiger charge is -2.32. The van der Waals surface area contributed by atoms with E-state index in [1.807, 2.05) is 36.5 Å². The van der Waals surface area contributed by atoms with Crippen molar-refractivity contribution in [1.29, 1.82) is 0 Å². The largest absolute Gasteiger partial charge is 0.504 e. The number of hydrogen-bond donors (Lipinski definition) is 4. The number of pyridine rings is 1. The average Bonchev–Trinajstić information content (AvgIpc) is 2.90. The molecule has 10 nitrogen and oxygen atoms in total.